The minimum atomic E-state index is -0.916. The molecule has 3 aromatic rings. The number of benzene rings is 1. The lowest BCUT2D eigenvalue weighted by molar-refractivity contribution is -0.185. The summed E-state index contributed by atoms with van der Waals surface area (Å²) in [7, 11) is 0. The number of Topliss-reactive ketones (excluding diaryl/α,β-unsaturated/α-hetero) is 1. The molecule has 1 saturated heterocycles. The number of hydrogen-bond donors (Lipinski definition) is 0. The van der Waals surface area contributed by atoms with Gasteiger partial charge in [-0.15, -0.1) is 5.10 Å². The zero-order chi connectivity index (χ0) is 27.9. The number of cyclic esters (lactones) is 1. The van der Waals surface area contributed by atoms with E-state index in [1.807, 2.05) is 52.0 Å². The van der Waals surface area contributed by atoms with Crippen molar-refractivity contribution in [3.63, 3.8) is 0 Å². The quantitative estimate of drug-likeness (QED) is 0.286. The molecule has 0 amide bonds. The van der Waals surface area contributed by atoms with Gasteiger partial charge >= 0.3 is 5.97 Å². The molecule has 8 nitrogen and oxygen atoms in total. The molecule has 0 bridgehead atoms. The molecule has 0 radical (unpaired) electrons. The Morgan fingerprint density at radius 3 is 2.59 bits per heavy atom. The fraction of sp³-hybridized carbons (Fsp3) is 0.533. The second-order valence-corrected chi connectivity index (χ2v) is 12.1. The van der Waals surface area contributed by atoms with Crippen LogP contribution in [0.25, 0.3) is 5.78 Å². The smallest absolute Gasteiger partial charge is 0.317 e. The lowest BCUT2D eigenvalue weighted by Crippen LogP contribution is -2.52. The molecule has 2 aliphatic rings. The number of aryl methyl sites for hydroxylation is 3. The van der Waals surface area contributed by atoms with Gasteiger partial charge in [0.25, 0.3) is 5.78 Å². The Kier molecular flexibility index (Phi) is 7.23. The average Bonchev–Trinajstić information content (AvgIpc) is 3.56. The fourth-order valence-electron chi connectivity index (χ4n) is 6.19. The molecule has 1 unspecified atom stereocenters. The lowest BCUT2D eigenvalue weighted by Gasteiger charge is -2.43. The zero-order valence-electron chi connectivity index (χ0n) is 23.0. The van der Waals surface area contributed by atoms with Crippen LogP contribution in [0.1, 0.15) is 80.7 Å². The van der Waals surface area contributed by atoms with E-state index in [9.17, 15) is 14.9 Å². The Morgan fingerprint density at radius 1 is 1.18 bits per heavy atom. The van der Waals surface area contributed by atoms with Gasteiger partial charge in [-0.25, -0.2) is 9.50 Å². The summed E-state index contributed by atoms with van der Waals surface area (Å²) in [5.74, 6) is -0.483. The third-order valence-corrected chi connectivity index (χ3v) is 8.73. The summed E-state index contributed by atoms with van der Waals surface area (Å²) in [5, 5.41) is 14.5. The topological polar surface area (TPSA) is 110 Å². The fourth-order valence-corrected chi connectivity index (χ4v) is 6.63. The molecule has 1 aliphatic carbocycles. The number of nitriles is 1. The molecular formula is C30H34ClN5O3. The number of rotatable bonds is 7. The molecule has 39 heavy (non-hydrogen) atoms. The molecule has 9 heteroatoms. The van der Waals surface area contributed by atoms with E-state index < -0.39 is 22.9 Å². The summed E-state index contributed by atoms with van der Waals surface area (Å²) in [4.78, 5) is 35.8. The number of ketones is 1. The van der Waals surface area contributed by atoms with Crippen molar-refractivity contribution in [3.05, 3.63) is 57.6 Å². The maximum Gasteiger partial charge on any atom is 0.317 e. The van der Waals surface area contributed by atoms with Crippen LogP contribution in [-0.4, -0.2) is 36.9 Å². The number of carbonyl (C=O) groups is 2. The predicted molar refractivity (Wildman–Crippen MR) is 146 cm³/mol. The van der Waals surface area contributed by atoms with Gasteiger partial charge in [-0.1, -0.05) is 36.6 Å². The summed E-state index contributed by atoms with van der Waals surface area (Å²) in [6, 6.07) is 9.97. The second kappa shape index (κ2) is 10.3. The highest BCUT2D eigenvalue weighted by Crippen LogP contribution is 2.45. The molecule has 2 aromatic heterocycles. The molecule has 0 N–H and O–H groups in total. The van der Waals surface area contributed by atoms with Crippen LogP contribution in [-0.2, 0) is 32.6 Å². The summed E-state index contributed by atoms with van der Waals surface area (Å²) < 4.78 is 7.90. The Morgan fingerprint density at radius 2 is 1.92 bits per heavy atom. The molecule has 1 aromatic carbocycles. The minimum absolute atomic E-state index is 0.103. The van der Waals surface area contributed by atoms with Gasteiger partial charge < -0.3 is 4.74 Å². The van der Waals surface area contributed by atoms with Crippen molar-refractivity contribution in [2.75, 3.05) is 0 Å². The lowest BCUT2D eigenvalue weighted by atomic mass is 9.73. The Hall–Kier alpha value is -3.31. The number of nitrogens with zero attached hydrogens (tertiary/aromatic N) is 5. The van der Waals surface area contributed by atoms with Crippen molar-refractivity contribution in [1.82, 2.24) is 19.6 Å². The predicted octanol–water partition coefficient (Wildman–Crippen LogP) is 5.43. The summed E-state index contributed by atoms with van der Waals surface area (Å²) in [6.07, 6.45) is 5.50. The highest BCUT2D eigenvalue weighted by atomic mass is 35.5. The van der Waals surface area contributed by atoms with Crippen LogP contribution in [0.4, 0.5) is 0 Å². The molecule has 1 saturated carbocycles. The van der Waals surface area contributed by atoms with Crippen LogP contribution in [0.15, 0.2) is 24.3 Å². The van der Waals surface area contributed by atoms with E-state index in [4.69, 9.17) is 16.3 Å². The Balaban J connectivity index is 1.35. The van der Waals surface area contributed by atoms with Crippen molar-refractivity contribution < 1.29 is 14.3 Å². The molecule has 204 valence electrons. The summed E-state index contributed by atoms with van der Waals surface area (Å²) in [5.41, 5.74) is 1.98. The van der Waals surface area contributed by atoms with E-state index in [1.165, 1.54) is 0 Å². The van der Waals surface area contributed by atoms with Gasteiger partial charge in [-0.05, 0) is 82.6 Å². The molecule has 2 atom stereocenters. The first kappa shape index (κ1) is 27.3. The van der Waals surface area contributed by atoms with Crippen LogP contribution < -0.4 is 0 Å². The number of esters is 1. The maximum absolute atomic E-state index is 13.5. The number of halogens is 1. The van der Waals surface area contributed by atoms with Gasteiger partial charge in [-0.3, -0.25) is 9.59 Å². The first-order valence-corrected chi connectivity index (χ1v) is 14.0. The SMILES string of the molecule is Cc1cc(C)n2nc(CC3C(=O)C[C@@](CCc4ccc(C(C)(C)C#N)c(Cl)c4)(C4CCCC4)OC3=O)nc2n1. The van der Waals surface area contributed by atoms with Crippen molar-refractivity contribution in [2.45, 2.75) is 90.1 Å². The summed E-state index contributed by atoms with van der Waals surface area (Å²) >= 11 is 6.56. The maximum atomic E-state index is 13.5. The molecule has 3 heterocycles. The number of aromatic nitrogens is 4. The van der Waals surface area contributed by atoms with E-state index in [1.54, 1.807) is 4.52 Å². The van der Waals surface area contributed by atoms with Crippen LogP contribution >= 0.6 is 11.6 Å². The number of carbonyl (C=O) groups excluding carboxylic acids is 2. The molecule has 0 spiro atoms. The summed E-state index contributed by atoms with van der Waals surface area (Å²) in [6.45, 7) is 7.49. The normalized spacial score (nSPS) is 22.3. The third kappa shape index (κ3) is 5.29. The highest BCUT2D eigenvalue weighted by molar-refractivity contribution is 6.31. The average molecular weight is 548 g/mol. The van der Waals surface area contributed by atoms with Gasteiger partial charge in [-0.2, -0.15) is 10.2 Å². The first-order chi connectivity index (χ1) is 18.5. The van der Waals surface area contributed by atoms with Crippen LogP contribution in [0.3, 0.4) is 0 Å². The van der Waals surface area contributed by atoms with E-state index in [0.29, 0.717) is 29.5 Å². The van der Waals surface area contributed by atoms with Crippen molar-refractivity contribution in [3.8, 4) is 6.07 Å². The van der Waals surface area contributed by atoms with Crippen LogP contribution in [0, 0.1) is 37.0 Å². The number of ether oxygens (including phenoxy) is 1. The minimum Gasteiger partial charge on any atom is -0.458 e. The molecular weight excluding hydrogens is 514 g/mol. The van der Waals surface area contributed by atoms with Crippen molar-refractivity contribution in [1.29, 1.82) is 5.26 Å². The van der Waals surface area contributed by atoms with Gasteiger partial charge in [0, 0.05) is 29.3 Å². The van der Waals surface area contributed by atoms with Gasteiger partial charge in [0.15, 0.2) is 11.6 Å². The standard InChI is InChI=1S/C30H34ClN5O3/c1-18-13-19(2)36-28(33-18)34-26(35-36)15-22-25(37)16-30(39-27(22)38,21-7-5-6-8-21)12-11-20-9-10-23(24(31)14-20)29(3,4)17-32/h9-10,13-14,21-22H,5-8,11-12,15-16H2,1-4H3/t22?,30-/m0/s1. The van der Waals surface area contributed by atoms with E-state index in [2.05, 4.69) is 21.1 Å². The van der Waals surface area contributed by atoms with E-state index in [-0.39, 0.29) is 24.5 Å². The van der Waals surface area contributed by atoms with E-state index in [0.717, 1.165) is 48.2 Å². The third-order valence-electron chi connectivity index (χ3n) is 8.42. The van der Waals surface area contributed by atoms with E-state index >= 15 is 0 Å². The van der Waals surface area contributed by atoms with Crippen molar-refractivity contribution >= 4 is 29.1 Å². The Bertz CT molecular complexity index is 1460. The molecule has 2 fully saturated rings. The van der Waals surface area contributed by atoms with Crippen molar-refractivity contribution in [2.24, 2.45) is 11.8 Å². The van der Waals surface area contributed by atoms with Crippen LogP contribution in [0.2, 0.25) is 5.02 Å². The number of fused-ring (bicyclic) bond motifs is 1. The number of hydrogen-bond acceptors (Lipinski definition) is 7. The van der Waals surface area contributed by atoms with Gasteiger partial charge in [0.2, 0.25) is 0 Å². The first-order valence-electron chi connectivity index (χ1n) is 13.7. The largest absolute Gasteiger partial charge is 0.458 e. The zero-order valence-corrected chi connectivity index (χ0v) is 23.7. The molecule has 1 aliphatic heterocycles. The highest BCUT2D eigenvalue weighted by Gasteiger charge is 2.51. The van der Waals surface area contributed by atoms with Gasteiger partial charge in [0.1, 0.15) is 11.5 Å². The Labute approximate surface area is 233 Å². The van der Waals surface area contributed by atoms with Crippen LogP contribution in [0.5, 0.6) is 0 Å². The van der Waals surface area contributed by atoms with Gasteiger partial charge in [0.05, 0.1) is 11.5 Å². The monoisotopic (exact) mass is 547 g/mol. The molecule has 5 rings (SSSR count). The second-order valence-electron chi connectivity index (χ2n) is 11.7.